The third kappa shape index (κ3) is 10.1. The summed E-state index contributed by atoms with van der Waals surface area (Å²) < 4.78 is 6.25. The minimum atomic E-state index is -0.511. The lowest BCUT2D eigenvalue weighted by atomic mass is 10.0. The second-order valence-electron chi connectivity index (χ2n) is 11.4. The van der Waals surface area contributed by atoms with Crippen LogP contribution in [0.2, 0.25) is 0 Å². The summed E-state index contributed by atoms with van der Waals surface area (Å²) in [7, 11) is 0. The van der Waals surface area contributed by atoms with E-state index in [1.165, 1.54) is 23.1 Å². The van der Waals surface area contributed by atoms with E-state index in [9.17, 15) is 19.2 Å². The molecule has 0 saturated carbocycles. The molecular weight excluding hydrogens is 746 g/mol. The molecule has 8 nitrogen and oxygen atoms in total. The molecule has 1 atom stereocenters. The maximum atomic E-state index is 13.6. The van der Waals surface area contributed by atoms with Crippen LogP contribution < -0.4 is 16.0 Å². The van der Waals surface area contributed by atoms with Crippen LogP contribution in [-0.2, 0) is 14.3 Å². The minimum absolute atomic E-state index is 0.0633. The molecule has 1 unspecified atom stereocenters. The van der Waals surface area contributed by atoms with Crippen LogP contribution >= 0.6 is 39.0 Å². The van der Waals surface area contributed by atoms with Crippen LogP contribution in [0, 0.1) is 6.92 Å². The quantitative estimate of drug-likeness (QED) is 0.0623. The van der Waals surface area contributed by atoms with Crippen molar-refractivity contribution in [2.24, 2.45) is 0 Å². The summed E-state index contributed by atoms with van der Waals surface area (Å²) in [6, 6.07) is 31.0. The van der Waals surface area contributed by atoms with Crippen molar-refractivity contribution in [3.8, 4) is 11.1 Å². The number of anilines is 2. The maximum absolute atomic E-state index is 13.6. The van der Waals surface area contributed by atoms with Crippen molar-refractivity contribution in [1.82, 2.24) is 5.32 Å². The van der Waals surface area contributed by atoms with Gasteiger partial charge in [-0.25, -0.2) is 4.79 Å². The Kier molecular flexibility index (Phi) is 13.0. The highest BCUT2D eigenvalue weighted by Crippen LogP contribution is 2.37. The molecule has 260 valence electrons. The van der Waals surface area contributed by atoms with Crippen molar-refractivity contribution >= 4 is 79.5 Å². The van der Waals surface area contributed by atoms with Gasteiger partial charge in [-0.15, -0.1) is 23.1 Å². The van der Waals surface area contributed by atoms with Crippen LogP contribution in [0.15, 0.2) is 124 Å². The molecule has 1 aromatic heterocycles. The van der Waals surface area contributed by atoms with Gasteiger partial charge in [-0.05, 0) is 79.9 Å². The van der Waals surface area contributed by atoms with Gasteiger partial charge in [0.15, 0.2) is 0 Å². The molecule has 0 aliphatic carbocycles. The van der Waals surface area contributed by atoms with Crippen molar-refractivity contribution in [2.45, 2.75) is 37.3 Å². The Labute approximate surface area is 313 Å². The summed E-state index contributed by atoms with van der Waals surface area (Å²) >= 11 is 6.04. The molecule has 3 amide bonds. The molecule has 0 radical (unpaired) electrons. The highest BCUT2D eigenvalue weighted by Gasteiger charge is 2.26. The predicted molar refractivity (Wildman–Crippen MR) is 210 cm³/mol. The van der Waals surface area contributed by atoms with E-state index in [1.54, 1.807) is 55.5 Å². The molecule has 51 heavy (non-hydrogen) atoms. The van der Waals surface area contributed by atoms with Crippen LogP contribution in [0.5, 0.6) is 0 Å². The van der Waals surface area contributed by atoms with Gasteiger partial charge >= 0.3 is 5.97 Å². The summed E-state index contributed by atoms with van der Waals surface area (Å²) in [5, 5.41) is 10.4. The van der Waals surface area contributed by atoms with Crippen LogP contribution in [0.1, 0.15) is 52.1 Å². The summed E-state index contributed by atoms with van der Waals surface area (Å²) in [6.07, 6.45) is 2.11. The van der Waals surface area contributed by atoms with E-state index in [4.69, 9.17) is 4.74 Å². The van der Waals surface area contributed by atoms with Crippen molar-refractivity contribution in [1.29, 1.82) is 0 Å². The molecule has 5 rings (SSSR count). The SMILES string of the molecule is CCOC(=O)c1c(-c2ccc(C)cc2)csc1NC(=O)C(CC)Sc1cccc(NC(=O)/C(=C/c2ccc(Br)cc2)NC(=O)c2ccccc2)c1. The number of rotatable bonds is 13. The zero-order chi connectivity index (χ0) is 36.3. The van der Waals surface area contributed by atoms with E-state index < -0.39 is 23.0 Å². The number of hydrogen-bond acceptors (Lipinski definition) is 7. The van der Waals surface area contributed by atoms with Crippen molar-refractivity contribution in [3.63, 3.8) is 0 Å². The molecule has 0 aliphatic heterocycles. The molecule has 4 aromatic carbocycles. The van der Waals surface area contributed by atoms with Gasteiger partial charge in [-0.2, -0.15) is 0 Å². The molecule has 0 saturated heterocycles. The minimum Gasteiger partial charge on any atom is -0.462 e. The van der Waals surface area contributed by atoms with Crippen LogP contribution in [0.3, 0.4) is 0 Å². The number of carbonyl (C=O) groups is 4. The zero-order valence-corrected chi connectivity index (χ0v) is 31.4. The Hall–Kier alpha value is -4.97. The first-order valence-corrected chi connectivity index (χ1v) is 18.8. The second-order valence-corrected chi connectivity index (χ2v) is 14.4. The Morgan fingerprint density at radius 3 is 2.29 bits per heavy atom. The molecule has 3 N–H and O–H groups in total. The Bertz CT molecular complexity index is 2040. The van der Waals surface area contributed by atoms with Crippen molar-refractivity contribution in [3.05, 3.63) is 141 Å². The average Bonchev–Trinajstić information content (AvgIpc) is 3.55. The highest BCUT2D eigenvalue weighted by atomic mass is 79.9. The summed E-state index contributed by atoms with van der Waals surface area (Å²) in [6.45, 7) is 5.86. The third-order valence-corrected chi connectivity index (χ3v) is 10.4. The van der Waals surface area contributed by atoms with E-state index in [-0.39, 0.29) is 18.2 Å². The van der Waals surface area contributed by atoms with E-state index >= 15 is 0 Å². The van der Waals surface area contributed by atoms with E-state index in [0.717, 1.165) is 26.1 Å². The number of aryl methyl sites for hydroxylation is 1. The fourth-order valence-electron chi connectivity index (χ4n) is 4.99. The maximum Gasteiger partial charge on any atom is 0.341 e. The first-order chi connectivity index (χ1) is 24.6. The van der Waals surface area contributed by atoms with Crippen LogP contribution in [0.4, 0.5) is 10.7 Å². The van der Waals surface area contributed by atoms with Gasteiger partial charge in [0.2, 0.25) is 5.91 Å². The number of thiophene rings is 1. The van der Waals surface area contributed by atoms with Gasteiger partial charge in [0.25, 0.3) is 11.8 Å². The Morgan fingerprint density at radius 1 is 0.882 bits per heavy atom. The number of nitrogens with one attached hydrogen (secondary N) is 3. The van der Waals surface area contributed by atoms with Gasteiger partial charge < -0.3 is 20.7 Å². The fourth-order valence-corrected chi connectivity index (χ4v) is 7.23. The van der Waals surface area contributed by atoms with Crippen molar-refractivity contribution in [2.75, 3.05) is 17.2 Å². The normalized spacial score (nSPS) is 11.7. The van der Waals surface area contributed by atoms with Gasteiger partial charge in [0, 0.05) is 31.6 Å². The first-order valence-electron chi connectivity index (χ1n) is 16.2. The number of esters is 1. The average molecular weight is 783 g/mol. The Morgan fingerprint density at radius 2 is 1.61 bits per heavy atom. The third-order valence-electron chi connectivity index (χ3n) is 7.61. The smallest absolute Gasteiger partial charge is 0.341 e. The fraction of sp³-hybridized carbons (Fsp3) is 0.150. The molecule has 0 aliphatic rings. The number of ether oxygens (including phenoxy) is 1. The van der Waals surface area contributed by atoms with Crippen molar-refractivity contribution < 1.29 is 23.9 Å². The van der Waals surface area contributed by atoms with Gasteiger partial charge in [-0.3, -0.25) is 14.4 Å². The van der Waals surface area contributed by atoms with Gasteiger partial charge in [0.05, 0.1) is 11.9 Å². The number of amides is 3. The zero-order valence-electron chi connectivity index (χ0n) is 28.2. The predicted octanol–water partition coefficient (Wildman–Crippen LogP) is 9.58. The lowest BCUT2D eigenvalue weighted by Crippen LogP contribution is -2.30. The van der Waals surface area contributed by atoms with Crippen LogP contribution in [0.25, 0.3) is 17.2 Å². The number of benzene rings is 4. The topological polar surface area (TPSA) is 114 Å². The lowest BCUT2D eigenvalue weighted by Gasteiger charge is -2.16. The number of carbonyl (C=O) groups excluding carboxylic acids is 4. The number of halogens is 1. The largest absolute Gasteiger partial charge is 0.462 e. The molecule has 0 bridgehead atoms. The van der Waals surface area contributed by atoms with E-state index in [1.807, 2.05) is 79.9 Å². The molecular formula is C40H36BrN3O5S2. The molecule has 0 spiro atoms. The number of hydrogen-bond donors (Lipinski definition) is 3. The molecule has 5 aromatic rings. The summed E-state index contributed by atoms with van der Waals surface area (Å²) in [5.74, 6) is -1.69. The first kappa shape index (κ1) is 37.3. The van der Waals surface area contributed by atoms with Gasteiger partial charge in [-0.1, -0.05) is 89.1 Å². The monoisotopic (exact) mass is 781 g/mol. The standard InChI is InChI=1S/C40H36BrN3O5S2/c1-4-34(38(47)44-39-35(40(48)49-5-2)32(24-50-39)27-18-14-25(3)15-19-27)51-31-13-9-12-30(23-31)42-37(46)33(22-26-16-20-29(41)21-17-26)43-36(45)28-10-7-6-8-11-28/h6-24,34H,4-5H2,1-3H3,(H,42,46)(H,43,45)(H,44,47)/b33-22-. The summed E-state index contributed by atoms with van der Waals surface area (Å²) in [5.41, 5.74) is 4.67. The van der Waals surface area contributed by atoms with E-state index in [0.29, 0.717) is 33.8 Å². The van der Waals surface area contributed by atoms with E-state index in [2.05, 4.69) is 31.9 Å². The molecule has 1 heterocycles. The molecule has 0 fully saturated rings. The number of thioether (sulfide) groups is 1. The lowest BCUT2D eigenvalue weighted by molar-refractivity contribution is -0.116. The molecule has 11 heteroatoms. The second kappa shape index (κ2) is 17.8. The Balaban J connectivity index is 1.32. The summed E-state index contributed by atoms with van der Waals surface area (Å²) in [4.78, 5) is 54.1. The van der Waals surface area contributed by atoms with Gasteiger partial charge in [0.1, 0.15) is 16.3 Å². The highest BCUT2D eigenvalue weighted by molar-refractivity contribution is 9.10. The van der Waals surface area contributed by atoms with Crippen LogP contribution in [-0.4, -0.2) is 35.5 Å².